The summed E-state index contributed by atoms with van der Waals surface area (Å²) in [6.45, 7) is 5.13. The smallest absolute Gasteiger partial charge is 0.213 e. The zero-order chi connectivity index (χ0) is 13.2. The van der Waals surface area contributed by atoms with Gasteiger partial charge in [0.1, 0.15) is 5.82 Å². The monoisotopic (exact) mass is 253 g/mol. The lowest BCUT2D eigenvalue weighted by Crippen LogP contribution is -2.07. The lowest BCUT2D eigenvalue weighted by molar-refractivity contribution is 0.257. The lowest BCUT2D eigenvalue weighted by atomic mass is 9.96. The van der Waals surface area contributed by atoms with Gasteiger partial charge >= 0.3 is 0 Å². The summed E-state index contributed by atoms with van der Waals surface area (Å²) in [6.07, 6.45) is 8.62. The number of rotatable bonds is 9. The molecule has 0 saturated carbocycles. The molecule has 0 amide bonds. The van der Waals surface area contributed by atoms with Crippen LogP contribution in [0.2, 0.25) is 0 Å². The van der Waals surface area contributed by atoms with Gasteiger partial charge in [0.15, 0.2) is 0 Å². The third-order valence-corrected chi connectivity index (χ3v) is 3.27. The summed E-state index contributed by atoms with van der Waals surface area (Å²) >= 11 is 0. The zero-order valence-corrected chi connectivity index (χ0v) is 11.5. The number of halogens is 1. The molecule has 0 saturated heterocycles. The lowest BCUT2D eigenvalue weighted by Gasteiger charge is -2.14. The molecule has 1 rings (SSSR count). The highest BCUT2D eigenvalue weighted by atomic mass is 19.1. The van der Waals surface area contributed by atoms with E-state index in [1.54, 1.807) is 6.07 Å². The molecule has 0 N–H and O–H groups in total. The quantitative estimate of drug-likeness (QED) is 0.600. The highest BCUT2D eigenvalue weighted by molar-refractivity contribution is 5.10. The van der Waals surface area contributed by atoms with Crippen molar-refractivity contribution < 1.29 is 9.13 Å². The molecule has 0 aromatic carbocycles. The molecular weight excluding hydrogens is 229 g/mol. The van der Waals surface area contributed by atoms with Crippen LogP contribution in [0.3, 0.4) is 0 Å². The Labute approximate surface area is 110 Å². The summed E-state index contributed by atoms with van der Waals surface area (Å²) in [4.78, 5) is 3.88. The van der Waals surface area contributed by atoms with Crippen molar-refractivity contribution in [2.24, 2.45) is 5.92 Å². The molecule has 1 heterocycles. The van der Waals surface area contributed by atoms with Crippen LogP contribution in [0.1, 0.15) is 52.4 Å². The van der Waals surface area contributed by atoms with Crippen molar-refractivity contribution in [3.63, 3.8) is 0 Å². The summed E-state index contributed by atoms with van der Waals surface area (Å²) in [5, 5.41) is 0. The molecule has 0 spiro atoms. The van der Waals surface area contributed by atoms with E-state index in [4.69, 9.17) is 4.74 Å². The van der Waals surface area contributed by atoms with E-state index in [9.17, 15) is 4.39 Å². The topological polar surface area (TPSA) is 22.1 Å². The van der Waals surface area contributed by atoms with Crippen LogP contribution >= 0.6 is 0 Å². The Balaban J connectivity index is 2.20. The van der Waals surface area contributed by atoms with Gasteiger partial charge < -0.3 is 4.74 Å². The second-order valence-electron chi connectivity index (χ2n) is 4.72. The maximum Gasteiger partial charge on any atom is 0.213 e. The Morgan fingerprint density at radius 1 is 1.22 bits per heavy atom. The molecule has 0 fully saturated rings. The van der Waals surface area contributed by atoms with Gasteiger partial charge in [0.2, 0.25) is 5.88 Å². The van der Waals surface area contributed by atoms with Crippen molar-refractivity contribution in [1.82, 2.24) is 4.98 Å². The van der Waals surface area contributed by atoms with Crippen LogP contribution in [0.15, 0.2) is 18.3 Å². The minimum Gasteiger partial charge on any atom is -0.478 e. The van der Waals surface area contributed by atoms with Crippen molar-refractivity contribution in [3.8, 4) is 5.88 Å². The van der Waals surface area contributed by atoms with Gasteiger partial charge in [0.25, 0.3) is 0 Å². The molecule has 3 heteroatoms. The number of hydrogen-bond donors (Lipinski definition) is 0. The van der Waals surface area contributed by atoms with Crippen molar-refractivity contribution in [1.29, 1.82) is 0 Å². The van der Waals surface area contributed by atoms with Crippen molar-refractivity contribution in [2.45, 2.75) is 52.4 Å². The number of aromatic nitrogens is 1. The van der Waals surface area contributed by atoms with Crippen LogP contribution in [0.4, 0.5) is 4.39 Å². The van der Waals surface area contributed by atoms with E-state index in [0.29, 0.717) is 12.5 Å². The molecule has 0 aliphatic rings. The van der Waals surface area contributed by atoms with Gasteiger partial charge in [0, 0.05) is 6.07 Å². The van der Waals surface area contributed by atoms with Gasteiger partial charge in [-0.3, -0.25) is 0 Å². The van der Waals surface area contributed by atoms with Gasteiger partial charge in [-0.2, -0.15) is 0 Å². The van der Waals surface area contributed by atoms with Crippen LogP contribution < -0.4 is 4.74 Å². The average molecular weight is 253 g/mol. The third-order valence-electron chi connectivity index (χ3n) is 3.27. The summed E-state index contributed by atoms with van der Waals surface area (Å²) in [7, 11) is 0. The Bertz CT molecular complexity index is 313. The number of unbranched alkanes of at least 4 members (excludes halogenated alkanes) is 2. The molecule has 1 aromatic rings. The largest absolute Gasteiger partial charge is 0.478 e. The first-order valence-electron chi connectivity index (χ1n) is 7.00. The van der Waals surface area contributed by atoms with E-state index >= 15 is 0 Å². The molecule has 2 nitrogen and oxygen atoms in total. The number of hydrogen-bond acceptors (Lipinski definition) is 2. The van der Waals surface area contributed by atoms with Crippen LogP contribution in [0.5, 0.6) is 5.88 Å². The number of pyridine rings is 1. The SMILES string of the molecule is CCCCCC(CC)CCOc1ccc(F)cn1. The predicted octanol–water partition coefficient (Wildman–Crippen LogP) is 4.60. The third kappa shape index (κ3) is 5.99. The van der Waals surface area contributed by atoms with E-state index < -0.39 is 0 Å². The number of nitrogens with zero attached hydrogens (tertiary/aromatic N) is 1. The van der Waals surface area contributed by atoms with Crippen molar-refractivity contribution >= 4 is 0 Å². The van der Waals surface area contributed by atoms with Gasteiger partial charge in [-0.25, -0.2) is 9.37 Å². The summed E-state index contributed by atoms with van der Waals surface area (Å²) in [5.74, 6) is 0.921. The maximum absolute atomic E-state index is 12.6. The minimum absolute atomic E-state index is 0.326. The predicted molar refractivity (Wildman–Crippen MR) is 72.2 cm³/mol. The average Bonchev–Trinajstić information content (AvgIpc) is 2.39. The van der Waals surface area contributed by atoms with Crippen molar-refractivity contribution in [2.75, 3.05) is 6.61 Å². The second kappa shape index (κ2) is 8.90. The van der Waals surface area contributed by atoms with E-state index in [-0.39, 0.29) is 5.82 Å². The molecule has 0 aliphatic carbocycles. The molecule has 1 aromatic heterocycles. The van der Waals surface area contributed by atoms with Gasteiger partial charge in [0.05, 0.1) is 12.8 Å². The Morgan fingerprint density at radius 2 is 2.06 bits per heavy atom. The molecule has 1 atom stereocenters. The first kappa shape index (κ1) is 14.9. The molecule has 18 heavy (non-hydrogen) atoms. The van der Waals surface area contributed by atoms with E-state index in [1.165, 1.54) is 44.4 Å². The molecule has 102 valence electrons. The second-order valence-corrected chi connectivity index (χ2v) is 4.72. The first-order chi connectivity index (χ1) is 8.76. The fourth-order valence-corrected chi connectivity index (χ4v) is 2.01. The Hall–Kier alpha value is -1.12. The van der Waals surface area contributed by atoms with E-state index in [2.05, 4.69) is 18.8 Å². The van der Waals surface area contributed by atoms with Crippen LogP contribution in [-0.2, 0) is 0 Å². The molecule has 0 aliphatic heterocycles. The fourth-order valence-electron chi connectivity index (χ4n) is 2.01. The molecule has 0 radical (unpaired) electrons. The first-order valence-corrected chi connectivity index (χ1v) is 7.00. The van der Waals surface area contributed by atoms with Gasteiger partial charge in [-0.05, 0) is 18.4 Å². The standard InChI is InChI=1S/C15H24FNO/c1-3-5-6-7-13(4-2)10-11-18-15-9-8-14(16)12-17-15/h8-9,12-13H,3-7,10-11H2,1-2H3. The Morgan fingerprint density at radius 3 is 2.67 bits per heavy atom. The minimum atomic E-state index is -0.326. The molecular formula is C15H24FNO. The summed E-state index contributed by atoms with van der Waals surface area (Å²) < 4.78 is 18.2. The zero-order valence-electron chi connectivity index (χ0n) is 11.5. The van der Waals surface area contributed by atoms with E-state index in [0.717, 1.165) is 12.3 Å². The summed E-state index contributed by atoms with van der Waals surface area (Å²) in [6, 6.07) is 2.95. The van der Waals surface area contributed by atoms with Crippen molar-refractivity contribution in [3.05, 3.63) is 24.1 Å². The van der Waals surface area contributed by atoms with E-state index in [1.807, 2.05) is 0 Å². The maximum atomic E-state index is 12.6. The van der Waals surface area contributed by atoms with Crippen LogP contribution in [-0.4, -0.2) is 11.6 Å². The molecule has 0 bridgehead atoms. The van der Waals surface area contributed by atoms with Crippen LogP contribution in [0.25, 0.3) is 0 Å². The number of ether oxygens (including phenoxy) is 1. The van der Waals surface area contributed by atoms with Gasteiger partial charge in [-0.15, -0.1) is 0 Å². The van der Waals surface area contributed by atoms with Crippen LogP contribution in [0, 0.1) is 11.7 Å². The van der Waals surface area contributed by atoms with Gasteiger partial charge in [-0.1, -0.05) is 46.0 Å². The highest BCUT2D eigenvalue weighted by Crippen LogP contribution is 2.18. The summed E-state index contributed by atoms with van der Waals surface area (Å²) in [5.41, 5.74) is 0. The highest BCUT2D eigenvalue weighted by Gasteiger charge is 2.06. The molecule has 1 unspecified atom stereocenters. The Kier molecular flexibility index (Phi) is 7.38. The normalized spacial score (nSPS) is 12.4. The fraction of sp³-hybridized carbons (Fsp3) is 0.667.